The highest BCUT2D eigenvalue weighted by Crippen LogP contribution is 2.29. The molecule has 98 valence electrons. The summed E-state index contributed by atoms with van der Waals surface area (Å²) in [4.78, 5) is 11.9. The fourth-order valence-corrected chi connectivity index (χ4v) is 1.61. The molecule has 0 aliphatic heterocycles. The number of rotatable bonds is 2. The van der Waals surface area contributed by atoms with Gasteiger partial charge in [0.1, 0.15) is 5.82 Å². The standard InChI is InChI=1S/C14H8F4O/c15-12-3-1-2-10(8-12)13(19)9-4-6-11(7-5-9)14(16,17)18/h1-8H. The van der Waals surface area contributed by atoms with E-state index in [1.54, 1.807) is 0 Å². The monoisotopic (exact) mass is 268 g/mol. The molecule has 1 nitrogen and oxygen atoms in total. The minimum atomic E-state index is -4.44. The van der Waals surface area contributed by atoms with Crippen LogP contribution in [0.3, 0.4) is 0 Å². The highest BCUT2D eigenvalue weighted by atomic mass is 19.4. The third-order valence-corrected chi connectivity index (χ3v) is 2.56. The van der Waals surface area contributed by atoms with Crippen molar-refractivity contribution in [1.82, 2.24) is 0 Å². The Kier molecular flexibility index (Phi) is 3.38. The third-order valence-electron chi connectivity index (χ3n) is 2.56. The van der Waals surface area contributed by atoms with Gasteiger partial charge < -0.3 is 0 Å². The van der Waals surface area contributed by atoms with Crippen LogP contribution < -0.4 is 0 Å². The SMILES string of the molecule is O=C(c1ccc(C(F)(F)F)cc1)c1cccc(F)c1. The van der Waals surface area contributed by atoms with E-state index in [0.29, 0.717) is 0 Å². The van der Waals surface area contributed by atoms with Gasteiger partial charge in [0, 0.05) is 11.1 Å². The Labute approximate surface area is 106 Å². The largest absolute Gasteiger partial charge is 0.416 e. The van der Waals surface area contributed by atoms with Crippen molar-refractivity contribution in [1.29, 1.82) is 0 Å². The number of ketones is 1. The summed E-state index contributed by atoms with van der Waals surface area (Å²) in [7, 11) is 0. The first-order valence-electron chi connectivity index (χ1n) is 5.35. The van der Waals surface area contributed by atoms with E-state index in [-0.39, 0.29) is 11.1 Å². The predicted octanol–water partition coefficient (Wildman–Crippen LogP) is 4.08. The van der Waals surface area contributed by atoms with Crippen molar-refractivity contribution in [3.8, 4) is 0 Å². The molecule has 0 unspecified atom stereocenters. The first-order chi connectivity index (χ1) is 8.88. The van der Waals surface area contributed by atoms with Crippen molar-refractivity contribution in [2.24, 2.45) is 0 Å². The van der Waals surface area contributed by atoms with Crippen LogP contribution in [0.1, 0.15) is 21.5 Å². The molecule has 0 aliphatic rings. The number of hydrogen-bond acceptors (Lipinski definition) is 1. The van der Waals surface area contributed by atoms with E-state index in [2.05, 4.69) is 0 Å². The van der Waals surface area contributed by atoms with Crippen molar-refractivity contribution >= 4 is 5.78 Å². The Bertz CT molecular complexity index is 600. The van der Waals surface area contributed by atoms with E-state index >= 15 is 0 Å². The Morgan fingerprint density at radius 3 is 2.05 bits per heavy atom. The van der Waals surface area contributed by atoms with Gasteiger partial charge in [0.05, 0.1) is 5.56 Å². The summed E-state index contributed by atoms with van der Waals surface area (Å²) < 4.78 is 50.0. The molecule has 0 N–H and O–H groups in total. The van der Waals surface area contributed by atoms with E-state index in [9.17, 15) is 22.4 Å². The van der Waals surface area contributed by atoms with Gasteiger partial charge in [-0.3, -0.25) is 4.79 Å². The Morgan fingerprint density at radius 1 is 0.895 bits per heavy atom. The molecule has 2 rings (SSSR count). The Morgan fingerprint density at radius 2 is 1.53 bits per heavy atom. The molecule has 0 saturated carbocycles. The second kappa shape index (κ2) is 4.84. The van der Waals surface area contributed by atoms with Crippen LogP contribution in [0, 0.1) is 5.82 Å². The molecule has 2 aromatic rings. The average molecular weight is 268 g/mol. The van der Waals surface area contributed by atoms with Crippen molar-refractivity contribution < 1.29 is 22.4 Å². The van der Waals surface area contributed by atoms with E-state index in [1.807, 2.05) is 0 Å². The number of carbonyl (C=O) groups excluding carboxylic acids is 1. The highest BCUT2D eigenvalue weighted by molar-refractivity contribution is 6.08. The van der Waals surface area contributed by atoms with Crippen LogP contribution in [-0.4, -0.2) is 5.78 Å². The van der Waals surface area contributed by atoms with E-state index < -0.39 is 23.3 Å². The van der Waals surface area contributed by atoms with Gasteiger partial charge in [-0.2, -0.15) is 13.2 Å². The van der Waals surface area contributed by atoms with Crippen LogP contribution in [0.15, 0.2) is 48.5 Å². The quantitative estimate of drug-likeness (QED) is 0.592. The molecule has 2 aromatic carbocycles. The van der Waals surface area contributed by atoms with Crippen LogP contribution >= 0.6 is 0 Å². The molecule has 0 amide bonds. The fraction of sp³-hybridized carbons (Fsp3) is 0.0714. The molecular formula is C14H8F4O. The Hall–Kier alpha value is -2.17. The Balaban J connectivity index is 2.30. The maximum absolute atomic E-state index is 13.0. The summed E-state index contributed by atoms with van der Waals surface area (Å²) in [5.74, 6) is -1.09. The van der Waals surface area contributed by atoms with Crippen molar-refractivity contribution in [3.05, 3.63) is 71.0 Å². The minimum absolute atomic E-state index is 0.0820. The van der Waals surface area contributed by atoms with Crippen LogP contribution in [0.25, 0.3) is 0 Å². The smallest absolute Gasteiger partial charge is 0.289 e. The summed E-state index contributed by atoms with van der Waals surface area (Å²) in [5.41, 5.74) is -0.651. The number of carbonyl (C=O) groups is 1. The topological polar surface area (TPSA) is 17.1 Å². The normalized spacial score (nSPS) is 11.4. The molecule has 0 radical (unpaired) electrons. The summed E-state index contributed by atoms with van der Waals surface area (Å²) in [6.07, 6.45) is -4.44. The third kappa shape index (κ3) is 2.99. The molecule has 19 heavy (non-hydrogen) atoms. The van der Waals surface area contributed by atoms with Crippen molar-refractivity contribution in [3.63, 3.8) is 0 Å². The van der Waals surface area contributed by atoms with Crippen LogP contribution in [0.4, 0.5) is 17.6 Å². The summed E-state index contributed by atoms with van der Waals surface area (Å²) in [6.45, 7) is 0. The molecule has 0 bridgehead atoms. The lowest BCUT2D eigenvalue weighted by Crippen LogP contribution is -2.06. The lowest BCUT2D eigenvalue weighted by molar-refractivity contribution is -0.137. The lowest BCUT2D eigenvalue weighted by atomic mass is 10.0. The number of alkyl halides is 3. The molecule has 0 fully saturated rings. The summed E-state index contributed by atoms with van der Waals surface area (Å²) in [5, 5.41) is 0. The molecule has 0 saturated heterocycles. The van der Waals surface area contributed by atoms with Crippen LogP contribution in [0.5, 0.6) is 0 Å². The maximum Gasteiger partial charge on any atom is 0.416 e. The van der Waals surface area contributed by atoms with Crippen molar-refractivity contribution in [2.45, 2.75) is 6.18 Å². The van der Waals surface area contributed by atoms with Crippen molar-refractivity contribution in [2.75, 3.05) is 0 Å². The lowest BCUT2D eigenvalue weighted by Gasteiger charge is -2.07. The van der Waals surface area contributed by atoms with Gasteiger partial charge in [0.15, 0.2) is 5.78 Å². The zero-order valence-corrected chi connectivity index (χ0v) is 9.54. The van der Waals surface area contributed by atoms with Crippen LogP contribution in [0.2, 0.25) is 0 Å². The second-order valence-corrected chi connectivity index (χ2v) is 3.91. The number of halogens is 4. The van der Waals surface area contributed by atoms with Gasteiger partial charge in [-0.1, -0.05) is 24.3 Å². The van der Waals surface area contributed by atoms with Gasteiger partial charge in [-0.25, -0.2) is 4.39 Å². The first-order valence-corrected chi connectivity index (χ1v) is 5.35. The van der Waals surface area contributed by atoms with E-state index in [1.165, 1.54) is 18.2 Å². The molecule has 5 heteroatoms. The fourth-order valence-electron chi connectivity index (χ4n) is 1.61. The minimum Gasteiger partial charge on any atom is -0.289 e. The predicted molar refractivity (Wildman–Crippen MR) is 61.3 cm³/mol. The number of benzene rings is 2. The molecule has 0 heterocycles. The van der Waals surface area contributed by atoms with Gasteiger partial charge in [-0.15, -0.1) is 0 Å². The highest BCUT2D eigenvalue weighted by Gasteiger charge is 2.30. The van der Waals surface area contributed by atoms with Gasteiger partial charge >= 0.3 is 6.18 Å². The molecule has 0 spiro atoms. The van der Waals surface area contributed by atoms with Crippen LogP contribution in [-0.2, 0) is 6.18 Å². The van der Waals surface area contributed by atoms with Gasteiger partial charge in [-0.05, 0) is 24.3 Å². The molecular weight excluding hydrogens is 260 g/mol. The molecule has 0 atom stereocenters. The maximum atomic E-state index is 13.0. The second-order valence-electron chi connectivity index (χ2n) is 3.91. The molecule has 0 aromatic heterocycles. The average Bonchev–Trinajstić information content (AvgIpc) is 2.37. The number of hydrogen-bond donors (Lipinski definition) is 0. The summed E-state index contributed by atoms with van der Waals surface area (Å²) >= 11 is 0. The van der Waals surface area contributed by atoms with E-state index in [4.69, 9.17) is 0 Å². The van der Waals surface area contributed by atoms with Gasteiger partial charge in [0.25, 0.3) is 0 Å². The summed E-state index contributed by atoms with van der Waals surface area (Å²) in [6, 6.07) is 8.81. The zero-order valence-electron chi connectivity index (χ0n) is 9.54. The van der Waals surface area contributed by atoms with Gasteiger partial charge in [0.2, 0.25) is 0 Å². The van der Waals surface area contributed by atoms with E-state index in [0.717, 1.165) is 30.3 Å². The zero-order chi connectivity index (χ0) is 14.0. The first kappa shape index (κ1) is 13.3. The molecule has 0 aliphatic carbocycles.